The molecule has 0 unspecified atom stereocenters. The fourth-order valence-electron chi connectivity index (χ4n) is 3.20. The van der Waals surface area contributed by atoms with Gasteiger partial charge < -0.3 is 15.0 Å². The van der Waals surface area contributed by atoms with Crippen LogP contribution in [0.15, 0.2) is 41.6 Å². The number of anilines is 2. The van der Waals surface area contributed by atoms with Crippen LogP contribution in [0.3, 0.4) is 0 Å². The molecule has 31 heavy (non-hydrogen) atoms. The van der Waals surface area contributed by atoms with E-state index >= 15 is 0 Å². The number of ether oxygens (including phenoxy) is 1. The third-order valence-corrected chi connectivity index (χ3v) is 6.41. The SMILES string of the molecule is Cc1nsc(Nc2ccc(Oc3ccc(S(C)(=O)=O)nc3)c(CN3CCCC3=O)c2)n1. The van der Waals surface area contributed by atoms with Gasteiger partial charge in [-0.2, -0.15) is 4.37 Å². The summed E-state index contributed by atoms with van der Waals surface area (Å²) in [5.74, 6) is 1.78. The summed E-state index contributed by atoms with van der Waals surface area (Å²) in [7, 11) is -3.39. The van der Waals surface area contributed by atoms with Crippen LogP contribution < -0.4 is 10.1 Å². The number of pyridine rings is 1. The molecule has 1 aliphatic heterocycles. The summed E-state index contributed by atoms with van der Waals surface area (Å²) < 4.78 is 33.4. The van der Waals surface area contributed by atoms with Crippen molar-refractivity contribution in [2.45, 2.75) is 31.3 Å². The van der Waals surface area contributed by atoms with Crippen LogP contribution in [0.5, 0.6) is 11.5 Å². The van der Waals surface area contributed by atoms with Crippen molar-refractivity contribution in [2.24, 2.45) is 0 Å². The zero-order valence-electron chi connectivity index (χ0n) is 17.0. The third kappa shape index (κ3) is 5.17. The maximum atomic E-state index is 12.1. The molecule has 9 nitrogen and oxygen atoms in total. The molecule has 1 saturated heterocycles. The fraction of sp³-hybridized carbons (Fsp3) is 0.300. The van der Waals surface area contributed by atoms with Crippen molar-refractivity contribution in [3.05, 3.63) is 47.9 Å². The minimum absolute atomic E-state index is 0.0189. The van der Waals surface area contributed by atoms with Gasteiger partial charge in [0.15, 0.2) is 14.9 Å². The van der Waals surface area contributed by atoms with Crippen molar-refractivity contribution in [3.8, 4) is 11.5 Å². The number of benzene rings is 1. The highest BCUT2D eigenvalue weighted by Crippen LogP contribution is 2.31. The molecule has 1 amide bonds. The molecule has 0 bridgehead atoms. The van der Waals surface area contributed by atoms with Crippen molar-refractivity contribution in [3.63, 3.8) is 0 Å². The second kappa shape index (κ2) is 8.60. The van der Waals surface area contributed by atoms with Gasteiger partial charge in [0.1, 0.15) is 17.3 Å². The van der Waals surface area contributed by atoms with Crippen molar-refractivity contribution < 1.29 is 17.9 Å². The van der Waals surface area contributed by atoms with Gasteiger partial charge in [-0.1, -0.05) is 0 Å². The number of carbonyl (C=O) groups excluding carboxylic acids is 1. The number of amides is 1. The summed E-state index contributed by atoms with van der Waals surface area (Å²) in [5, 5.41) is 3.88. The first-order chi connectivity index (χ1) is 14.8. The monoisotopic (exact) mass is 459 g/mol. The second-order valence-electron chi connectivity index (χ2n) is 7.22. The summed E-state index contributed by atoms with van der Waals surface area (Å²) in [6.45, 7) is 2.94. The molecule has 0 atom stereocenters. The van der Waals surface area contributed by atoms with E-state index in [-0.39, 0.29) is 10.9 Å². The lowest BCUT2D eigenvalue weighted by Gasteiger charge is -2.19. The summed E-state index contributed by atoms with van der Waals surface area (Å²) in [6.07, 6.45) is 3.87. The summed E-state index contributed by atoms with van der Waals surface area (Å²) in [5.41, 5.74) is 1.62. The molecule has 0 radical (unpaired) electrons. The van der Waals surface area contributed by atoms with Gasteiger partial charge in [-0.15, -0.1) is 0 Å². The fourth-order valence-corrected chi connectivity index (χ4v) is 4.36. The number of rotatable bonds is 7. The number of likely N-dealkylation sites (tertiary alicyclic amines) is 1. The van der Waals surface area contributed by atoms with E-state index in [1.54, 1.807) is 17.0 Å². The van der Waals surface area contributed by atoms with Gasteiger partial charge >= 0.3 is 0 Å². The van der Waals surface area contributed by atoms with Crippen LogP contribution in [-0.4, -0.2) is 46.4 Å². The molecule has 3 aromatic rings. The Balaban J connectivity index is 1.61. The lowest BCUT2D eigenvalue weighted by molar-refractivity contribution is -0.128. The molecule has 1 aromatic carbocycles. The highest BCUT2D eigenvalue weighted by molar-refractivity contribution is 7.90. The largest absolute Gasteiger partial charge is 0.455 e. The van der Waals surface area contributed by atoms with Crippen molar-refractivity contribution in [2.75, 3.05) is 18.1 Å². The van der Waals surface area contributed by atoms with E-state index < -0.39 is 9.84 Å². The molecule has 1 aliphatic rings. The Morgan fingerprint density at radius 1 is 1.26 bits per heavy atom. The predicted octanol–water partition coefficient (Wildman–Crippen LogP) is 3.30. The number of aromatic nitrogens is 3. The van der Waals surface area contributed by atoms with Gasteiger partial charge in [0.2, 0.25) is 11.0 Å². The molecule has 0 spiro atoms. The molecule has 1 fully saturated rings. The number of nitrogens with one attached hydrogen (secondary N) is 1. The first kappa shape index (κ1) is 21.2. The van der Waals surface area contributed by atoms with E-state index in [1.807, 2.05) is 19.1 Å². The second-order valence-corrected chi connectivity index (χ2v) is 9.93. The molecule has 162 valence electrons. The summed E-state index contributed by atoms with van der Waals surface area (Å²) >= 11 is 1.27. The van der Waals surface area contributed by atoms with Crippen LogP contribution in [0, 0.1) is 6.92 Å². The smallest absolute Gasteiger partial charge is 0.222 e. The van der Waals surface area contributed by atoms with Crippen molar-refractivity contribution in [1.82, 2.24) is 19.2 Å². The van der Waals surface area contributed by atoms with E-state index in [4.69, 9.17) is 4.74 Å². The predicted molar refractivity (Wildman–Crippen MR) is 116 cm³/mol. The molecular weight excluding hydrogens is 438 g/mol. The molecule has 0 saturated carbocycles. The Labute approximate surface area is 184 Å². The normalized spacial score (nSPS) is 14.1. The highest BCUT2D eigenvalue weighted by Gasteiger charge is 2.22. The number of hydrogen-bond acceptors (Lipinski definition) is 9. The van der Waals surface area contributed by atoms with Crippen molar-refractivity contribution >= 4 is 38.1 Å². The summed E-state index contributed by atoms with van der Waals surface area (Å²) in [4.78, 5) is 22.2. The van der Waals surface area contributed by atoms with Crippen molar-refractivity contribution in [1.29, 1.82) is 0 Å². The zero-order valence-corrected chi connectivity index (χ0v) is 18.7. The lowest BCUT2D eigenvalue weighted by Crippen LogP contribution is -2.24. The van der Waals surface area contributed by atoms with E-state index in [1.165, 1.54) is 23.8 Å². The molecule has 2 aromatic heterocycles. The molecule has 1 N–H and O–H groups in total. The standard InChI is InChI=1S/C20H21N5O4S2/c1-13-22-20(30-24-13)23-15-5-7-17(14(10-15)12-25-9-3-4-19(25)26)29-16-6-8-18(21-11-16)31(2,27)28/h5-8,10-11H,3-4,9,12H2,1-2H3,(H,22,23,24). The van der Waals surface area contributed by atoms with E-state index in [0.29, 0.717) is 42.0 Å². The topological polar surface area (TPSA) is 114 Å². The van der Waals surface area contributed by atoms with Gasteiger partial charge in [0, 0.05) is 48.5 Å². The zero-order chi connectivity index (χ0) is 22.0. The molecular formula is C20H21N5O4S2. The average Bonchev–Trinajstić information content (AvgIpc) is 3.31. The van der Waals surface area contributed by atoms with Gasteiger partial charge in [-0.25, -0.2) is 18.4 Å². The average molecular weight is 460 g/mol. The Kier molecular flexibility index (Phi) is 5.88. The van der Waals surface area contributed by atoms with Gasteiger partial charge in [-0.3, -0.25) is 4.79 Å². The minimum atomic E-state index is -3.39. The molecule has 4 rings (SSSR count). The first-order valence-corrected chi connectivity index (χ1v) is 12.3. The highest BCUT2D eigenvalue weighted by atomic mass is 32.2. The Hall–Kier alpha value is -3.05. The number of hydrogen-bond donors (Lipinski definition) is 1. The van der Waals surface area contributed by atoms with E-state index in [0.717, 1.165) is 23.9 Å². The number of nitrogens with zero attached hydrogens (tertiary/aromatic N) is 4. The van der Waals surface area contributed by atoms with E-state index in [9.17, 15) is 13.2 Å². The van der Waals surface area contributed by atoms with Crippen LogP contribution in [0.25, 0.3) is 0 Å². The number of sulfone groups is 1. The Morgan fingerprint density at radius 3 is 2.71 bits per heavy atom. The molecule has 3 heterocycles. The molecule has 0 aliphatic carbocycles. The third-order valence-electron chi connectivity index (χ3n) is 4.69. The maximum Gasteiger partial charge on any atom is 0.222 e. The van der Waals surface area contributed by atoms with Crippen LogP contribution in [0.4, 0.5) is 10.8 Å². The number of carbonyl (C=O) groups is 1. The van der Waals surface area contributed by atoms with Gasteiger partial charge in [0.25, 0.3) is 0 Å². The van der Waals surface area contributed by atoms with Crippen LogP contribution in [0.2, 0.25) is 0 Å². The lowest BCUT2D eigenvalue weighted by atomic mass is 10.1. The van der Waals surface area contributed by atoms with Crippen LogP contribution in [-0.2, 0) is 21.2 Å². The Bertz CT molecular complexity index is 1210. The van der Waals surface area contributed by atoms with Gasteiger partial charge in [0.05, 0.1) is 6.20 Å². The molecule has 11 heteroatoms. The van der Waals surface area contributed by atoms with Gasteiger partial charge in [-0.05, 0) is 43.7 Å². The van der Waals surface area contributed by atoms with Crippen LogP contribution >= 0.6 is 11.5 Å². The quantitative estimate of drug-likeness (QED) is 0.572. The van der Waals surface area contributed by atoms with E-state index in [2.05, 4.69) is 19.7 Å². The summed E-state index contributed by atoms with van der Waals surface area (Å²) in [6, 6.07) is 8.53. The van der Waals surface area contributed by atoms with Crippen LogP contribution in [0.1, 0.15) is 24.2 Å². The maximum absolute atomic E-state index is 12.1. The Morgan fingerprint density at radius 2 is 2.10 bits per heavy atom. The first-order valence-electron chi connectivity index (χ1n) is 9.60. The minimum Gasteiger partial charge on any atom is -0.455 e. The number of aryl methyl sites for hydroxylation is 1.